The van der Waals surface area contributed by atoms with Gasteiger partial charge in [-0.05, 0) is 37.7 Å². The molecular formula is C22H37N2NaO6. The van der Waals surface area contributed by atoms with E-state index in [-0.39, 0.29) is 41.4 Å². The monoisotopic (exact) mass is 448 g/mol. The van der Waals surface area contributed by atoms with Gasteiger partial charge in [0.1, 0.15) is 11.7 Å². The van der Waals surface area contributed by atoms with E-state index in [0.717, 1.165) is 38.4 Å². The van der Waals surface area contributed by atoms with Crippen LogP contribution in [-0.4, -0.2) is 37.2 Å². The second kappa shape index (κ2) is 20.4. The van der Waals surface area contributed by atoms with Crippen molar-refractivity contribution in [2.75, 3.05) is 7.11 Å². The van der Waals surface area contributed by atoms with Crippen molar-refractivity contribution in [3.8, 4) is 0 Å². The molecular weight excluding hydrogens is 411 g/mol. The minimum atomic E-state index is -1.15. The molecule has 1 heterocycles. The molecule has 0 aromatic heterocycles. The molecule has 0 bridgehead atoms. The molecule has 0 aliphatic carbocycles. The number of nitrogens with zero attached hydrogens (tertiary/aromatic N) is 1. The summed E-state index contributed by atoms with van der Waals surface area (Å²) < 4.78 is 4.35. The van der Waals surface area contributed by atoms with Gasteiger partial charge < -0.3 is 15.2 Å². The number of hydrogen-bond donors (Lipinski definition) is 1. The Morgan fingerprint density at radius 3 is 2.16 bits per heavy atom. The molecule has 0 saturated heterocycles. The Bertz CT molecular complexity index is 607. The molecule has 2 amide bonds. The molecule has 172 valence electrons. The summed E-state index contributed by atoms with van der Waals surface area (Å²) in [7, 11) is 1.40. The number of unbranched alkanes of at least 4 members (excludes halogenated alkanes) is 1. The van der Waals surface area contributed by atoms with Gasteiger partial charge >= 0.3 is 35.5 Å². The molecule has 1 N–H and O–H groups in total. The maximum absolute atomic E-state index is 11.9. The fourth-order valence-electron chi connectivity index (χ4n) is 2.92. The third-order valence-electron chi connectivity index (χ3n) is 4.68. The molecule has 0 fully saturated rings. The molecule has 1 aliphatic rings. The van der Waals surface area contributed by atoms with Gasteiger partial charge in [-0.2, -0.15) is 0 Å². The van der Waals surface area contributed by atoms with Gasteiger partial charge in [0.15, 0.2) is 0 Å². The maximum Gasteiger partial charge on any atom is 1.00 e. The summed E-state index contributed by atoms with van der Waals surface area (Å²) in [6.07, 6.45) is 9.75. The summed E-state index contributed by atoms with van der Waals surface area (Å²) in [6.45, 7) is 9.64. The first kappa shape index (κ1) is 34.1. The number of rotatable bonds is 9. The van der Waals surface area contributed by atoms with Crippen molar-refractivity contribution in [1.82, 2.24) is 5.32 Å². The Labute approximate surface area is 208 Å². The maximum atomic E-state index is 11.9. The number of carbonyl (C=O) groups is 4. The number of aliphatic imine (C=N–C) groups is 1. The second-order valence-electron chi connectivity index (χ2n) is 6.87. The van der Waals surface area contributed by atoms with Gasteiger partial charge in [-0.15, -0.1) is 0 Å². The quantitative estimate of drug-likeness (QED) is 0.170. The number of nitrogens with one attached hydrogen (secondary N) is 1. The van der Waals surface area contributed by atoms with Crippen molar-refractivity contribution >= 4 is 30.1 Å². The number of carbonyl (C=O) groups excluding carboxylic acids is 4. The number of ether oxygens (including phenoxy) is 1. The first-order valence-electron chi connectivity index (χ1n) is 10.5. The Hall–Kier alpha value is -1.51. The number of hydrogen-bond acceptors (Lipinski definition) is 6. The van der Waals surface area contributed by atoms with Crippen LogP contribution >= 0.6 is 0 Å². The second-order valence-corrected chi connectivity index (χ2v) is 6.87. The zero-order chi connectivity index (χ0) is 23.6. The van der Waals surface area contributed by atoms with Crippen molar-refractivity contribution in [1.29, 1.82) is 0 Å². The summed E-state index contributed by atoms with van der Waals surface area (Å²) >= 11 is 0. The molecule has 31 heavy (non-hydrogen) atoms. The van der Waals surface area contributed by atoms with Crippen molar-refractivity contribution in [2.45, 2.75) is 79.6 Å². The molecule has 1 aliphatic heterocycles. The SMILES string of the molecule is CCC/C=C/C=O.CCCC(=O)OC.CCCC(C)C1(CC)C(=O)N=C([O-])NC1=O.[Na+]. The van der Waals surface area contributed by atoms with Gasteiger partial charge in [-0.25, -0.2) is 4.99 Å². The Morgan fingerprint density at radius 1 is 1.19 bits per heavy atom. The molecule has 0 saturated carbocycles. The van der Waals surface area contributed by atoms with Crippen LogP contribution in [0, 0.1) is 11.3 Å². The summed E-state index contributed by atoms with van der Waals surface area (Å²) in [5, 5.41) is 13.1. The largest absolute Gasteiger partial charge is 1.00 e. The summed E-state index contributed by atoms with van der Waals surface area (Å²) in [5.74, 6) is -1.32. The van der Waals surface area contributed by atoms with Crippen LogP contribution in [0.2, 0.25) is 0 Å². The summed E-state index contributed by atoms with van der Waals surface area (Å²) in [4.78, 5) is 46.8. The number of aldehydes is 1. The molecule has 0 spiro atoms. The average molecular weight is 449 g/mol. The third kappa shape index (κ3) is 12.8. The number of methoxy groups -OCH3 is 1. The van der Waals surface area contributed by atoms with Gasteiger partial charge in [0.05, 0.1) is 13.1 Å². The molecule has 9 heteroatoms. The van der Waals surface area contributed by atoms with E-state index in [1.54, 1.807) is 6.92 Å². The van der Waals surface area contributed by atoms with Crippen molar-refractivity contribution in [3.63, 3.8) is 0 Å². The average Bonchev–Trinajstić information content (AvgIpc) is 2.70. The van der Waals surface area contributed by atoms with Crippen LogP contribution < -0.4 is 40.0 Å². The van der Waals surface area contributed by atoms with E-state index >= 15 is 0 Å². The van der Waals surface area contributed by atoms with Crippen LogP contribution in [0.4, 0.5) is 0 Å². The van der Waals surface area contributed by atoms with Crippen molar-refractivity contribution < 1.29 is 58.6 Å². The van der Waals surface area contributed by atoms with E-state index in [4.69, 9.17) is 0 Å². The topological polar surface area (TPSA) is 125 Å². The first-order chi connectivity index (χ1) is 14.2. The van der Waals surface area contributed by atoms with E-state index in [1.807, 2.05) is 26.8 Å². The van der Waals surface area contributed by atoms with Crippen LogP contribution in [0.3, 0.4) is 0 Å². The molecule has 0 aromatic rings. The van der Waals surface area contributed by atoms with Gasteiger partial charge in [-0.3, -0.25) is 19.2 Å². The van der Waals surface area contributed by atoms with E-state index in [2.05, 4.69) is 22.0 Å². The Balaban J connectivity index is -0.000000439. The molecule has 1 rings (SSSR count). The van der Waals surface area contributed by atoms with Crippen LogP contribution in [0.5, 0.6) is 0 Å². The van der Waals surface area contributed by atoms with Gasteiger partial charge in [0.2, 0.25) is 5.91 Å². The predicted octanol–water partition coefficient (Wildman–Crippen LogP) is -0.303. The van der Waals surface area contributed by atoms with Crippen LogP contribution in [0.1, 0.15) is 79.6 Å². The molecule has 2 atom stereocenters. The Morgan fingerprint density at radius 2 is 1.81 bits per heavy atom. The zero-order valence-corrected chi connectivity index (χ0v) is 22.2. The Kier molecular flexibility index (Phi) is 22.4. The summed E-state index contributed by atoms with van der Waals surface area (Å²) in [5.41, 5.74) is -1.15. The van der Waals surface area contributed by atoms with Crippen LogP contribution in [0.25, 0.3) is 0 Å². The molecule has 8 nitrogen and oxygen atoms in total. The number of esters is 1. The standard InChI is InChI=1S/C11H18N2O3.C6H10O.C5H10O2.Na/c1-4-6-7(3)11(5-2)8(14)12-10(16)13-9(11)15;1-2-3-4-5-6-7;1-3-4-5(6)7-2;/h7H,4-6H2,1-3H3,(H2,12,13,14,15,16);4-6H,2-3H2,1H3;3-4H2,1-2H3;/q;;;+1/p-1/b;5-4+;;. The van der Waals surface area contributed by atoms with Crippen LogP contribution in [-0.2, 0) is 23.9 Å². The first-order valence-corrected chi connectivity index (χ1v) is 10.5. The molecule has 0 radical (unpaired) electrons. The third-order valence-corrected chi connectivity index (χ3v) is 4.68. The fourth-order valence-corrected chi connectivity index (χ4v) is 2.92. The minimum Gasteiger partial charge on any atom is -0.846 e. The van der Waals surface area contributed by atoms with Crippen molar-refractivity contribution in [3.05, 3.63) is 12.2 Å². The number of amides is 2. The summed E-state index contributed by atoms with van der Waals surface area (Å²) in [6, 6.07) is -0.845. The predicted molar refractivity (Wildman–Crippen MR) is 114 cm³/mol. The van der Waals surface area contributed by atoms with E-state index in [9.17, 15) is 24.3 Å². The molecule has 0 aromatic carbocycles. The smallest absolute Gasteiger partial charge is 0.846 e. The zero-order valence-electron chi connectivity index (χ0n) is 20.2. The number of amidine groups is 1. The number of allylic oxidation sites excluding steroid dienone is 2. The van der Waals surface area contributed by atoms with Crippen LogP contribution in [0.15, 0.2) is 17.1 Å². The minimum absolute atomic E-state index is 0. The fraction of sp³-hybridized carbons (Fsp3) is 0.682. The van der Waals surface area contributed by atoms with E-state index < -0.39 is 23.3 Å². The van der Waals surface area contributed by atoms with E-state index in [0.29, 0.717) is 12.8 Å². The normalized spacial score (nSPS) is 18.2. The molecule has 2 unspecified atom stereocenters. The van der Waals surface area contributed by atoms with Gasteiger partial charge in [-0.1, -0.05) is 53.5 Å². The van der Waals surface area contributed by atoms with Crippen molar-refractivity contribution in [2.24, 2.45) is 16.3 Å². The van der Waals surface area contributed by atoms with Gasteiger partial charge in [0, 0.05) is 6.42 Å². The van der Waals surface area contributed by atoms with E-state index in [1.165, 1.54) is 13.2 Å². The van der Waals surface area contributed by atoms with Gasteiger partial charge in [0.25, 0.3) is 5.91 Å².